The number of aromatic nitrogens is 2. The van der Waals surface area contributed by atoms with Crippen molar-refractivity contribution in [2.24, 2.45) is 0 Å². The Hall–Kier alpha value is -5.04. The van der Waals surface area contributed by atoms with E-state index < -0.39 is 22.7 Å². The van der Waals surface area contributed by atoms with Gasteiger partial charge < -0.3 is 18.0 Å². The molecule has 0 fully saturated rings. The molecule has 3 aromatic carbocycles. The summed E-state index contributed by atoms with van der Waals surface area (Å²) in [6, 6.07) is 25.2. The van der Waals surface area contributed by atoms with E-state index in [-0.39, 0.29) is 0 Å². The number of para-hydroxylation sites is 4. The van der Waals surface area contributed by atoms with Crippen molar-refractivity contribution in [1.29, 1.82) is 0 Å². The van der Waals surface area contributed by atoms with Gasteiger partial charge in [0, 0.05) is 12.0 Å². The number of oxazole rings is 2. The zero-order valence-corrected chi connectivity index (χ0v) is 20.7. The first kappa shape index (κ1) is 22.0. The summed E-state index contributed by atoms with van der Waals surface area (Å²) < 4.78 is 25.1. The van der Waals surface area contributed by atoms with E-state index >= 15 is 0 Å². The van der Waals surface area contributed by atoms with Crippen LogP contribution in [0.4, 0.5) is 0 Å². The van der Waals surface area contributed by atoms with Crippen LogP contribution in [-0.4, -0.2) is 16.1 Å². The molecule has 0 amide bonds. The highest BCUT2D eigenvalue weighted by molar-refractivity contribution is 5.81. The van der Waals surface area contributed by atoms with Gasteiger partial charge in [-0.2, -0.15) is 0 Å². The Bertz CT molecular complexity index is 1920. The second-order valence-corrected chi connectivity index (χ2v) is 9.97. The van der Waals surface area contributed by atoms with Crippen molar-refractivity contribution in [3.05, 3.63) is 143 Å². The summed E-state index contributed by atoms with van der Waals surface area (Å²) in [5, 5.41) is 0. The van der Waals surface area contributed by atoms with Crippen LogP contribution >= 0.6 is 0 Å². The second kappa shape index (κ2) is 7.98. The van der Waals surface area contributed by atoms with Gasteiger partial charge in [0.15, 0.2) is 11.2 Å². The first-order valence-corrected chi connectivity index (χ1v) is 12.8. The summed E-state index contributed by atoms with van der Waals surface area (Å²) in [4.78, 5) is 20.4. The summed E-state index contributed by atoms with van der Waals surface area (Å²) in [5.41, 5.74) is 2.20. The van der Waals surface area contributed by atoms with Crippen LogP contribution in [0, 0.1) is 0 Å². The highest BCUT2D eigenvalue weighted by Crippen LogP contribution is 2.58. The van der Waals surface area contributed by atoms with E-state index in [4.69, 9.17) is 23.0 Å². The number of furan rings is 1. The van der Waals surface area contributed by atoms with Crippen molar-refractivity contribution in [3.8, 4) is 5.75 Å². The predicted molar refractivity (Wildman–Crippen MR) is 145 cm³/mol. The number of aromatic amines is 1. The van der Waals surface area contributed by atoms with Crippen LogP contribution in [0.15, 0.2) is 127 Å². The normalized spacial score (nSPS) is 23.8. The number of allylic oxidation sites excluding steroid dienone is 3. The first-order chi connectivity index (χ1) is 19.2. The minimum atomic E-state index is -1.10. The lowest BCUT2D eigenvalue weighted by Gasteiger charge is -2.48. The number of benzene rings is 3. The molecule has 3 aromatic heterocycles. The number of hydrogen-bond donors (Lipinski definition) is 1. The van der Waals surface area contributed by atoms with Crippen molar-refractivity contribution in [2.75, 3.05) is 0 Å². The van der Waals surface area contributed by atoms with Gasteiger partial charge in [-0.25, -0.2) is 9.78 Å². The minimum absolute atomic E-state index is 0.397. The van der Waals surface area contributed by atoms with E-state index in [0.29, 0.717) is 34.8 Å². The summed E-state index contributed by atoms with van der Waals surface area (Å²) in [6.45, 7) is 0. The maximum absolute atomic E-state index is 12.5. The Morgan fingerprint density at radius 2 is 1.69 bits per heavy atom. The largest absolute Gasteiger partial charge is 0.488 e. The summed E-state index contributed by atoms with van der Waals surface area (Å²) in [6.07, 6.45) is 10.1. The topological polar surface area (TPSA) is 94.4 Å². The molecular weight excluding hydrogens is 492 g/mol. The average Bonchev–Trinajstić information content (AvgIpc) is 3.77. The number of nitrogens with one attached hydrogen (secondary N) is 1. The molecule has 0 saturated carbocycles. The quantitative estimate of drug-likeness (QED) is 0.301. The van der Waals surface area contributed by atoms with Gasteiger partial charge in [0.25, 0.3) is 0 Å². The van der Waals surface area contributed by atoms with E-state index in [0.717, 1.165) is 22.4 Å². The van der Waals surface area contributed by atoms with E-state index in [1.165, 1.54) is 0 Å². The molecule has 0 saturated heterocycles. The number of ether oxygens (including phenoxy) is 1. The van der Waals surface area contributed by atoms with E-state index in [1.807, 2.05) is 78.9 Å². The smallest absolute Gasteiger partial charge is 0.417 e. The fourth-order valence-electron chi connectivity index (χ4n) is 6.44. The van der Waals surface area contributed by atoms with Gasteiger partial charge in [-0.05, 0) is 42.0 Å². The Morgan fingerprint density at radius 1 is 0.846 bits per heavy atom. The fraction of sp³-hybridized carbons (Fsp3) is 0.125. The first-order valence-electron chi connectivity index (χ1n) is 12.8. The van der Waals surface area contributed by atoms with Gasteiger partial charge in [0.2, 0.25) is 5.89 Å². The van der Waals surface area contributed by atoms with Crippen molar-refractivity contribution in [2.45, 2.75) is 23.4 Å². The zero-order chi connectivity index (χ0) is 26.0. The SMILES string of the molecule is O=c1[nH]c2c(C3(c4nc5ccccc5o4)C=CC=CC3(c3ccco3)C3Cc4ccccc4O3)cccc2o1. The van der Waals surface area contributed by atoms with Crippen molar-refractivity contribution >= 4 is 22.2 Å². The molecule has 7 heteroatoms. The molecule has 2 aliphatic rings. The maximum atomic E-state index is 12.5. The van der Waals surface area contributed by atoms with Crippen LogP contribution in [0.3, 0.4) is 0 Å². The van der Waals surface area contributed by atoms with Gasteiger partial charge in [-0.15, -0.1) is 0 Å². The molecule has 8 rings (SSSR count). The number of fused-ring (bicyclic) bond motifs is 3. The van der Waals surface area contributed by atoms with E-state index in [2.05, 4.69) is 23.2 Å². The van der Waals surface area contributed by atoms with Crippen LogP contribution in [0.2, 0.25) is 0 Å². The fourth-order valence-corrected chi connectivity index (χ4v) is 6.44. The zero-order valence-electron chi connectivity index (χ0n) is 20.7. The summed E-state index contributed by atoms with van der Waals surface area (Å²) in [7, 11) is 0. The summed E-state index contributed by atoms with van der Waals surface area (Å²) in [5.74, 6) is 1.44. The maximum Gasteiger partial charge on any atom is 0.417 e. The molecule has 3 unspecified atom stereocenters. The van der Waals surface area contributed by atoms with Gasteiger partial charge in [0.1, 0.15) is 34.0 Å². The molecule has 1 N–H and O–H groups in total. The Kier molecular flexibility index (Phi) is 4.50. The monoisotopic (exact) mass is 514 g/mol. The average molecular weight is 515 g/mol. The lowest BCUT2D eigenvalue weighted by atomic mass is 9.53. The number of nitrogens with zero attached hydrogens (tertiary/aromatic N) is 1. The van der Waals surface area contributed by atoms with E-state index in [1.54, 1.807) is 12.3 Å². The van der Waals surface area contributed by atoms with E-state index in [9.17, 15) is 4.79 Å². The number of hydrogen-bond acceptors (Lipinski definition) is 6. The molecule has 0 radical (unpaired) electrons. The van der Waals surface area contributed by atoms with Crippen molar-refractivity contribution in [3.63, 3.8) is 0 Å². The van der Waals surface area contributed by atoms with Gasteiger partial charge >= 0.3 is 5.76 Å². The third-order valence-corrected chi connectivity index (χ3v) is 8.06. The molecule has 0 bridgehead atoms. The number of H-pyrrole nitrogens is 1. The van der Waals surface area contributed by atoms with Gasteiger partial charge in [0.05, 0.1) is 11.8 Å². The Labute approximate surface area is 222 Å². The lowest BCUT2D eigenvalue weighted by Crippen LogP contribution is -2.57. The van der Waals surface area contributed by atoms with Gasteiger partial charge in [-0.1, -0.05) is 66.8 Å². The standard InChI is InChI=1S/C32H22N2O5/c35-30-34-28-21(10-7-14-25(28)39-30)31(29-33-22-11-2-4-13-24(22)38-29)16-5-6-17-32(31,26-15-8-18-36-26)27-19-20-9-1-3-12-23(20)37-27/h1-18,27H,19H2,(H,34,35). The van der Waals surface area contributed by atoms with Crippen molar-refractivity contribution < 1.29 is 18.0 Å². The Morgan fingerprint density at radius 3 is 2.56 bits per heavy atom. The molecule has 4 heterocycles. The molecule has 190 valence electrons. The second-order valence-electron chi connectivity index (χ2n) is 9.97. The molecule has 39 heavy (non-hydrogen) atoms. The van der Waals surface area contributed by atoms with Crippen LogP contribution in [0.25, 0.3) is 22.2 Å². The van der Waals surface area contributed by atoms with Crippen molar-refractivity contribution in [1.82, 2.24) is 9.97 Å². The molecular formula is C32H22N2O5. The molecule has 1 aliphatic heterocycles. The summed E-state index contributed by atoms with van der Waals surface area (Å²) >= 11 is 0. The van der Waals surface area contributed by atoms with Crippen LogP contribution in [0.5, 0.6) is 5.75 Å². The third kappa shape index (κ3) is 2.92. The Balaban J connectivity index is 1.51. The predicted octanol–water partition coefficient (Wildman–Crippen LogP) is 6.21. The molecule has 3 atom stereocenters. The number of rotatable bonds is 4. The van der Waals surface area contributed by atoms with Crippen LogP contribution in [0.1, 0.15) is 22.8 Å². The molecule has 6 aromatic rings. The van der Waals surface area contributed by atoms with Gasteiger partial charge in [-0.3, -0.25) is 4.98 Å². The highest BCUT2D eigenvalue weighted by atomic mass is 16.5. The molecule has 7 nitrogen and oxygen atoms in total. The van der Waals surface area contributed by atoms with Crippen LogP contribution < -0.4 is 10.5 Å². The minimum Gasteiger partial charge on any atom is -0.488 e. The third-order valence-electron chi connectivity index (χ3n) is 8.06. The molecule has 1 aliphatic carbocycles. The highest BCUT2D eigenvalue weighted by Gasteiger charge is 2.64. The molecule has 0 spiro atoms. The lowest BCUT2D eigenvalue weighted by molar-refractivity contribution is 0.0958. The van der Waals surface area contributed by atoms with Crippen LogP contribution in [-0.2, 0) is 17.3 Å².